The van der Waals surface area contributed by atoms with Crippen LogP contribution in [0.25, 0.3) is 0 Å². The first-order valence-corrected chi connectivity index (χ1v) is 10.2. The molecular formula is C21H21FOSe. The fourth-order valence-electron chi connectivity index (χ4n) is 2.22. The fraction of sp³-hybridized carbons (Fsp3) is 0.286. The van der Waals surface area contributed by atoms with Crippen molar-refractivity contribution in [1.29, 1.82) is 0 Å². The number of ketones is 1. The van der Waals surface area contributed by atoms with Gasteiger partial charge >= 0.3 is 150 Å². The van der Waals surface area contributed by atoms with Crippen molar-refractivity contribution in [2.75, 3.05) is 0 Å². The van der Waals surface area contributed by atoms with Crippen LogP contribution in [-0.2, 0) is 4.79 Å². The molecule has 0 bridgehead atoms. The minimum atomic E-state index is -2.04. The van der Waals surface area contributed by atoms with Gasteiger partial charge < -0.3 is 0 Å². The Kier molecular flexibility index (Phi) is 7.25. The Morgan fingerprint density at radius 2 is 1.71 bits per heavy atom. The van der Waals surface area contributed by atoms with Gasteiger partial charge in [-0.3, -0.25) is 0 Å². The van der Waals surface area contributed by atoms with Crippen LogP contribution in [0.4, 0.5) is 4.39 Å². The molecule has 0 radical (unpaired) electrons. The number of carbonyl (C=O) groups excluding carboxylic acids is 1. The van der Waals surface area contributed by atoms with Crippen LogP contribution in [0, 0.1) is 11.8 Å². The van der Waals surface area contributed by atoms with Crippen molar-refractivity contribution in [3.05, 3.63) is 66.2 Å². The quantitative estimate of drug-likeness (QED) is 0.519. The van der Waals surface area contributed by atoms with E-state index in [9.17, 15) is 4.79 Å². The molecule has 0 saturated carbocycles. The Labute approximate surface area is 149 Å². The summed E-state index contributed by atoms with van der Waals surface area (Å²) in [5.74, 6) is 5.07. The first-order valence-electron chi connectivity index (χ1n) is 8.12. The molecule has 0 aromatic heterocycles. The molecule has 0 aliphatic rings. The molecule has 0 aliphatic carbocycles. The number of rotatable bonds is 7. The second-order valence-corrected chi connectivity index (χ2v) is 7.95. The summed E-state index contributed by atoms with van der Waals surface area (Å²) in [6.45, 7) is 1.89. The molecular weight excluding hydrogens is 366 g/mol. The third kappa shape index (κ3) is 5.64. The monoisotopic (exact) mass is 388 g/mol. The molecule has 0 aliphatic heterocycles. The number of carbonyl (C=O) groups is 1. The van der Waals surface area contributed by atoms with E-state index in [-0.39, 0.29) is 27.8 Å². The molecule has 0 amide bonds. The Hall–Kier alpha value is -1.88. The molecule has 124 valence electrons. The maximum absolute atomic E-state index is 15.2. The third-order valence-electron chi connectivity index (χ3n) is 3.56. The van der Waals surface area contributed by atoms with Crippen molar-refractivity contribution in [2.24, 2.45) is 0 Å². The van der Waals surface area contributed by atoms with Gasteiger partial charge in [-0.1, -0.05) is 0 Å². The van der Waals surface area contributed by atoms with Gasteiger partial charge in [0.1, 0.15) is 0 Å². The molecule has 1 nitrogen and oxygen atoms in total. The Morgan fingerprint density at radius 3 is 2.33 bits per heavy atom. The van der Waals surface area contributed by atoms with Gasteiger partial charge in [0.25, 0.3) is 0 Å². The van der Waals surface area contributed by atoms with E-state index in [1.54, 1.807) is 0 Å². The number of hydrogen-bond acceptors (Lipinski definition) is 1. The van der Waals surface area contributed by atoms with Gasteiger partial charge in [-0.25, -0.2) is 0 Å². The summed E-state index contributed by atoms with van der Waals surface area (Å²) in [7, 11) is 0. The number of Topliss-reactive ketones (excluding diaryl/α,β-unsaturated/α-hetero) is 1. The van der Waals surface area contributed by atoms with E-state index in [4.69, 9.17) is 0 Å². The van der Waals surface area contributed by atoms with Gasteiger partial charge in [0.2, 0.25) is 0 Å². The van der Waals surface area contributed by atoms with E-state index in [0.717, 1.165) is 5.56 Å². The normalized spacial score (nSPS) is 12.8. The molecule has 1 unspecified atom stereocenters. The van der Waals surface area contributed by atoms with Gasteiger partial charge in [0.05, 0.1) is 0 Å². The molecule has 24 heavy (non-hydrogen) atoms. The Bertz CT molecular complexity index is 703. The summed E-state index contributed by atoms with van der Waals surface area (Å²) < 4.78 is 16.5. The van der Waals surface area contributed by atoms with E-state index >= 15 is 4.39 Å². The number of alkyl halides is 1. The van der Waals surface area contributed by atoms with Gasteiger partial charge in [-0.05, 0) is 0 Å². The topological polar surface area (TPSA) is 17.1 Å². The standard InChI is InChI=1S/C21H21FOSe/c1-2-9-20(23)21(22,15-14-18-10-5-3-6-11-18)16-17-24-19-12-7-4-8-13-19/h3-8,10-13H,2,9,16-17H2,1H3. The second kappa shape index (κ2) is 9.42. The number of halogens is 1. The van der Waals surface area contributed by atoms with Gasteiger partial charge in [-0.15, -0.1) is 0 Å². The zero-order chi connectivity index (χ0) is 17.3. The van der Waals surface area contributed by atoms with Crippen molar-refractivity contribution in [1.82, 2.24) is 0 Å². The average molecular weight is 387 g/mol. The van der Waals surface area contributed by atoms with Crippen molar-refractivity contribution in [3.8, 4) is 11.8 Å². The van der Waals surface area contributed by atoms with Crippen LogP contribution in [0.5, 0.6) is 0 Å². The van der Waals surface area contributed by atoms with Crippen LogP contribution in [0.3, 0.4) is 0 Å². The van der Waals surface area contributed by atoms with E-state index < -0.39 is 11.5 Å². The molecule has 2 aromatic carbocycles. The zero-order valence-electron chi connectivity index (χ0n) is 13.8. The molecule has 2 rings (SSSR count). The van der Waals surface area contributed by atoms with Crippen molar-refractivity contribution in [2.45, 2.75) is 37.2 Å². The number of benzene rings is 2. The second-order valence-electron chi connectivity index (χ2n) is 5.50. The minimum absolute atomic E-state index is 0.152. The first kappa shape index (κ1) is 18.5. The summed E-state index contributed by atoms with van der Waals surface area (Å²) in [4.78, 5) is 12.3. The van der Waals surface area contributed by atoms with Crippen LogP contribution >= 0.6 is 0 Å². The van der Waals surface area contributed by atoms with E-state index in [2.05, 4.69) is 11.8 Å². The van der Waals surface area contributed by atoms with Crippen LogP contribution in [0.2, 0.25) is 5.32 Å². The van der Waals surface area contributed by atoms with Crippen LogP contribution in [-0.4, -0.2) is 26.4 Å². The Morgan fingerprint density at radius 1 is 1.08 bits per heavy atom. The van der Waals surface area contributed by atoms with E-state index in [1.807, 2.05) is 67.6 Å². The van der Waals surface area contributed by atoms with Gasteiger partial charge in [-0.2, -0.15) is 0 Å². The SMILES string of the molecule is CCCC(=O)C(F)(C#Cc1ccccc1)CC[Se]c1ccccc1. The average Bonchev–Trinajstić information content (AvgIpc) is 2.62. The van der Waals surface area contributed by atoms with Crippen LogP contribution in [0.15, 0.2) is 60.7 Å². The summed E-state index contributed by atoms with van der Waals surface area (Å²) in [5, 5.41) is 0.659. The van der Waals surface area contributed by atoms with Crippen LogP contribution < -0.4 is 4.46 Å². The van der Waals surface area contributed by atoms with Crippen molar-refractivity contribution >= 4 is 25.2 Å². The fourth-order valence-corrected chi connectivity index (χ4v) is 4.25. The molecule has 0 N–H and O–H groups in total. The third-order valence-corrected chi connectivity index (χ3v) is 5.68. The molecule has 0 spiro atoms. The molecule has 0 saturated heterocycles. The predicted octanol–water partition coefficient (Wildman–Crippen LogP) is 3.95. The first-order chi connectivity index (χ1) is 11.6. The molecule has 0 fully saturated rings. The molecule has 2 aromatic rings. The van der Waals surface area contributed by atoms with Gasteiger partial charge in [0, 0.05) is 0 Å². The molecule has 1 atom stereocenters. The van der Waals surface area contributed by atoms with Gasteiger partial charge in [0.15, 0.2) is 0 Å². The summed E-state index contributed by atoms with van der Waals surface area (Å²) >= 11 is 0.152. The predicted molar refractivity (Wildman–Crippen MR) is 98.3 cm³/mol. The molecule has 0 heterocycles. The van der Waals surface area contributed by atoms with Crippen LogP contribution in [0.1, 0.15) is 31.7 Å². The summed E-state index contributed by atoms with van der Waals surface area (Å²) in [6, 6.07) is 19.3. The summed E-state index contributed by atoms with van der Waals surface area (Å²) in [6.07, 6.45) is 1.04. The maximum atomic E-state index is 15.2. The Balaban J connectivity index is 2.08. The van der Waals surface area contributed by atoms with Crippen molar-refractivity contribution in [3.63, 3.8) is 0 Å². The summed E-state index contributed by atoms with van der Waals surface area (Å²) in [5.41, 5.74) is -1.31. The number of hydrogen-bond donors (Lipinski definition) is 0. The van der Waals surface area contributed by atoms with E-state index in [1.165, 1.54) is 4.46 Å². The van der Waals surface area contributed by atoms with E-state index in [0.29, 0.717) is 11.7 Å². The molecule has 3 heteroatoms. The van der Waals surface area contributed by atoms with Crippen molar-refractivity contribution < 1.29 is 9.18 Å². The zero-order valence-corrected chi connectivity index (χ0v) is 15.5.